The molecule has 1 aromatic heterocycles. The summed E-state index contributed by atoms with van der Waals surface area (Å²) in [5.41, 5.74) is 6.97. The normalized spacial score (nSPS) is 9.89. The number of nitrogens with zero attached hydrogens (tertiary/aromatic N) is 4. The molecule has 19 heavy (non-hydrogen) atoms. The molecule has 7 heteroatoms. The smallest absolute Gasteiger partial charge is 0.269 e. The van der Waals surface area contributed by atoms with E-state index in [1.165, 1.54) is 12.1 Å². The highest BCUT2D eigenvalue weighted by Crippen LogP contribution is 2.22. The largest absolute Gasteiger partial charge is 0.382 e. The molecule has 0 aliphatic heterocycles. The molecule has 0 saturated carbocycles. The Morgan fingerprint density at radius 1 is 1.32 bits per heavy atom. The second-order valence-electron chi connectivity index (χ2n) is 3.81. The number of benzene rings is 1. The summed E-state index contributed by atoms with van der Waals surface area (Å²) in [6, 6.07) is 7.73. The van der Waals surface area contributed by atoms with E-state index >= 15 is 0 Å². The number of hydrogen-bond acceptors (Lipinski definition) is 6. The van der Waals surface area contributed by atoms with Crippen LogP contribution in [0, 0.1) is 28.4 Å². The fourth-order valence-electron chi connectivity index (χ4n) is 1.59. The van der Waals surface area contributed by atoms with E-state index < -0.39 is 4.92 Å². The number of aromatic nitrogens is 2. The molecule has 0 amide bonds. The molecule has 0 aliphatic rings. The van der Waals surface area contributed by atoms with Gasteiger partial charge in [0.05, 0.1) is 10.6 Å². The number of hydrogen-bond donors (Lipinski definition) is 1. The van der Waals surface area contributed by atoms with Crippen LogP contribution in [0.4, 0.5) is 11.5 Å². The lowest BCUT2D eigenvalue weighted by Crippen LogP contribution is -2.02. The van der Waals surface area contributed by atoms with Gasteiger partial charge in [0.25, 0.3) is 5.69 Å². The van der Waals surface area contributed by atoms with E-state index in [0.717, 1.165) is 0 Å². The van der Waals surface area contributed by atoms with Crippen molar-refractivity contribution in [2.75, 3.05) is 5.73 Å². The molecule has 1 aromatic carbocycles. The molecule has 2 aromatic rings. The van der Waals surface area contributed by atoms with Crippen LogP contribution in [0.1, 0.15) is 11.3 Å². The minimum Gasteiger partial charge on any atom is -0.382 e. The van der Waals surface area contributed by atoms with Gasteiger partial charge in [-0.15, -0.1) is 0 Å². The number of nitrogens with two attached hydrogens (primary N) is 1. The summed E-state index contributed by atoms with van der Waals surface area (Å²) in [4.78, 5) is 18.3. The Kier molecular flexibility index (Phi) is 3.08. The maximum atomic E-state index is 10.6. The quantitative estimate of drug-likeness (QED) is 0.645. The van der Waals surface area contributed by atoms with Crippen LogP contribution in [0.15, 0.2) is 24.3 Å². The lowest BCUT2D eigenvalue weighted by atomic mass is 10.1. The number of anilines is 1. The Bertz CT molecular complexity index is 665. The van der Waals surface area contributed by atoms with Crippen LogP contribution in [0.25, 0.3) is 11.4 Å². The first-order valence-corrected chi connectivity index (χ1v) is 5.32. The van der Waals surface area contributed by atoms with Gasteiger partial charge in [-0.05, 0) is 19.1 Å². The van der Waals surface area contributed by atoms with E-state index in [9.17, 15) is 10.1 Å². The van der Waals surface area contributed by atoms with Gasteiger partial charge in [0.2, 0.25) is 0 Å². The Morgan fingerprint density at radius 3 is 2.42 bits per heavy atom. The molecule has 0 saturated heterocycles. The molecule has 0 unspecified atom stereocenters. The van der Waals surface area contributed by atoms with E-state index in [1.807, 2.05) is 6.07 Å². The highest BCUT2D eigenvalue weighted by molar-refractivity contribution is 5.62. The second-order valence-corrected chi connectivity index (χ2v) is 3.81. The summed E-state index contributed by atoms with van der Waals surface area (Å²) in [5, 5.41) is 19.4. The first-order valence-electron chi connectivity index (χ1n) is 5.32. The second kappa shape index (κ2) is 4.70. The molecule has 0 fully saturated rings. The van der Waals surface area contributed by atoms with Gasteiger partial charge in [-0.3, -0.25) is 10.1 Å². The van der Waals surface area contributed by atoms with Crippen molar-refractivity contribution < 1.29 is 4.92 Å². The number of nitrogen functional groups attached to an aromatic ring is 1. The van der Waals surface area contributed by atoms with Gasteiger partial charge >= 0.3 is 0 Å². The van der Waals surface area contributed by atoms with Crippen molar-refractivity contribution in [1.82, 2.24) is 9.97 Å². The molecule has 7 nitrogen and oxygen atoms in total. The van der Waals surface area contributed by atoms with Crippen molar-refractivity contribution in [3.8, 4) is 17.5 Å². The molecule has 2 rings (SSSR count). The summed E-state index contributed by atoms with van der Waals surface area (Å²) in [6.07, 6.45) is 0. The molecule has 0 radical (unpaired) electrons. The van der Waals surface area contributed by atoms with Gasteiger partial charge in [0, 0.05) is 17.7 Å². The van der Waals surface area contributed by atoms with E-state index in [0.29, 0.717) is 17.1 Å². The summed E-state index contributed by atoms with van der Waals surface area (Å²) in [5.74, 6) is 0.437. The van der Waals surface area contributed by atoms with Crippen molar-refractivity contribution in [2.45, 2.75) is 6.92 Å². The van der Waals surface area contributed by atoms with Crippen LogP contribution < -0.4 is 5.73 Å². The average Bonchev–Trinajstić information content (AvgIpc) is 2.38. The molecule has 0 aliphatic carbocycles. The molecule has 0 bridgehead atoms. The summed E-state index contributed by atoms with van der Waals surface area (Å²) in [6.45, 7) is 1.66. The minimum atomic E-state index is -0.483. The predicted octanol–water partition coefficient (Wildman–Crippen LogP) is 1.81. The van der Waals surface area contributed by atoms with Gasteiger partial charge in [-0.1, -0.05) is 0 Å². The minimum absolute atomic E-state index is 0.0120. The molecule has 1 heterocycles. The van der Waals surface area contributed by atoms with Gasteiger partial charge in [-0.25, -0.2) is 9.97 Å². The Hall–Kier alpha value is -3.01. The monoisotopic (exact) mass is 255 g/mol. The third-order valence-electron chi connectivity index (χ3n) is 2.57. The van der Waals surface area contributed by atoms with Crippen molar-refractivity contribution in [3.63, 3.8) is 0 Å². The number of nitriles is 1. The number of aryl methyl sites for hydroxylation is 1. The predicted molar refractivity (Wildman–Crippen MR) is 68.0 cm³/mol. The lowest BCUT2D eigenvalue weighted by molar-refractivity contribution is -0.384. The maximum Gasteiger partial charge on any atom is 0.269 e. The zero-order valence-corrected chi connectivity index (χ0v) is 9.99. The van der Waals surface area contributed by atoms with E-state index in [1.54, 1.807) is 19.1 Å². The fourth-order valence-corrected chi connectivity index (χ4v) is 1.59. The van der Waals surface area contributed by atoms with Gasteiger partial charge in [0.15, 0.2) is 5.82 Å². The summed E-state index contributed by atoms with van der Waals surface area (Å²) < 4.78 is 0. The van der Waals surface area contributed by atoms with Crippen LogP contribution in [-0.2, 0) is 0 Å². The first-order chi connectivity index (χ1) is 9.02. The molecular weight excluding hydrogens is 246 g/mol. The van der Waals surface area contributed by atoms with Crippen molar-refractivity contribution in [2.24, 2.45) is 0 Å². The standard InChI is InChI=1S/C12H9N5O2/c1-7-10(6-13)11(14)16-12(15-7)8-2-4-9(5-3-8)17(18)19/h2-5H,1H3,(H2,14,15,16). The third-order valence-corrected chi connectivity index (χ3v) is 2.57. The maximum absolute atomic E-state index is 10.6. The topological polar surface area (TPSA) is 119 Å². The highest BCUT2D eigenvalue weighted by atomic mass is 16.6. The van der Waals surface area contributed by atoms with Crippen LogP contribution in [0.5, 0.6) is 0 Å². The van der Waals surface area contributed by atoms with E-state index in [2.05, 4.69) is 9.97 Å². The first kappa shape index (κ1) is 12.4. The van der Waals surface area contributed by atoms with Gasteiger partial charge in [0.1, 0.15) is 17.5 Å². The zero-order chi connectivity index (χ0) is 14.0. The SMILES string of the molecule is Cc1nc(-c2ccc([N+](=O)[O-])cc2)nc(N)c1C#N. The molecule has 0 spiro atoms. The van der Waals surface area contributed by atoms with Crippen molar-refractivity contribution in [1.29, 1.82) is 5.26 Å². The summed E-state index contributed by atoms with van der Waals surface area (Å²) in [7, 11) is 0. The van der Waals surface area contributed by atoms with E-state index in [4.69, 9.17) is 11.0 Å². The molecule has 0 atom stereocenters. The number of non-ortho nitro benzene ring substituents is 1. The number of nitro benzene ring substituents is 1. The molecule has 2 N–H and O–H groups in total. The third kappa shape index (κ3) is 2.32. The zero-order valence-electron chi connectivity index (χ0n) is 9.99. The summed E-state index contributed by atoms with van der Waals surface area (Å²) >= 11 is 0. The highest BCUT2D eigenvalue weighted by Gasteiger charge is 2.11. The molecule has 94 valence electrons. The van der Waals surface area contributed by atoms with Crippen molar-refractivity contribution in [3.05, 3.63) is 45.6 Å². The van der Waals surface area contributed by atoms with Crippen LogP contribution in [-0.4, -0.2) is 14.9 Å². The van der Waals surface area contributed by atoms with Gasteiger partial charge in [-0.2, -0.15) is 5.26 Å². The van der Waals surface area contributed by atoms with Crippen LogP contribution in [0.2, 0.25) is 0 Å². The van der Waals surface area contributed by atoms with Crippen molar-refractivity contribution >= 4 is 11.5 Å². The fraction of sp³-hybridized carbons (Fsp3) is 0.0833. The number of nitro groups is 1. The van der Waals surface area contributed by atoms with E-state index in [-0.39, 0.29) is 17.1 Å². The molecular formula is C12H9N5O2. The number of rotatable bonds is 2. The lowest BCUT2D eigenvalue weighted by Gasteiger charge is -2.05. The van der Waals surface area contributed by atoms with Crippen LogP contribution in [0.3, 0.4) is 0 Å². The average molecular weight is 255 g/mol. The Labute approximate surface area is 108 Å². The Balaban J connectivity index is 2.48. The van der Waals surface area contributed by atoms with Crippen LogP contribution >= 0.6 is 0 Å². The Morgan fingerprint density at radius 2 is 1.95 bits per heavy atom. The van der Waals surface area contributed by atoms with Gasteiger partial charge < -0.3 is 5.73 Å².